The molecular weight excluding hydrogens is 489 g/mol. The van der Waals surface area contributed by atoms with Gasteiger partial charge < -0.3 is 20.5 Å². The molecule has 8 heteroatoms. The average Bonchev–Trinajstić information content (AvgIpc) is 2.71. The quantitative estimate of drug-likeness (QED) is 0.277. The van der Waals surface area contributed by atoms with Crippen molar-refractivity contribution in [1.29, 1.82) is 0 Å². The third-order valence-corrected chi connectivity index (χ3v) is 6.61. The maximum Gasteiger partial charge on any atom is 0.191 e. The Morgan fingerprint density at radius 1 is 1.39 bits per heavy atom. The molecule has 4 unspecified atom stereocenters. The number of hydrogen-bond donors (Lipinski definition) is 3. The van der Waals surface area contributed by atoms with Gasteiger partial charge in [0.15, 0.2) is 5.96 Å². The number of guanidine groups is 1. The highest BCUT2D eigenvalue weighted by Crippen LogP contribution is 2.23. The zero-order valence-corrected chi connectivity index (χ0v) is 20.2. The predicted molar refractivity (Wildman–Crippen MR) is 127 cm³/mol. The Kier molecular flexibility index (Phi) is 12.0. The van der Waals surface area contributed by atoms with E-state index < -0.39 is 16.9 Å². The Labute approximate surface area is 188 Å². The number of hydrogen-bond acceptors (Lipinski definition) is 4. The molecule has 0 aromatic heterocycles. The Balaban J connectivity index is 0.00000392. The van der Waals surface area contributed by atoms with Gasteiger partial charge in [-0.2, -0.15) is 0 Å². The van der Waals surface area contributed by atoms with Crippen LogP contribution in [-0.4, -0.2) is 52.5 Å². The van der Waals surface area contributed by atoms with E-state index in [4.69, 9.17) is 4.74 Å². The summed E-state index contributed by atoms with van der Waals surface area (Å²) in [4.78, 5) is 4.56. The van der Waals surface area contributed by atoms with Crippen LogP contribution in [0, 0.1) is 0 Å². The minimum atomic E-state index is -0.744. The molecule has 0 bridgehead atoms. The first-order chi connectivity index (χ1) is 13.1. The molecule has 6 nitrogen and oxygen atoms in total. The van der Waals surface area contributed by atoms with Gasteiger partial charge in [-0.05, 0) is 43.9 Å². The highest BCUT2D eigenvalue weighted by Gasteiger charge is 2.26. The van der Waals surface area contributed by atoms with Crippen LogP contribution in [0.25, 0.3) is 0 Å². The van der Waals surface area contributed by atoms with E-state index in [9.17, 15) is 9.32 Å². The van der Waals surface area contributed by atoms with E-state index >= 15 is 0 Å². The fraction of sp³-hybridized carbons (Fsp3) is 0.650. The number of aliphatic hydroxyl groups is 1. The van der Waals surface area contributed by atoms with Gasteiger partial charge in [-0.1, -0.05) is 25.5 Å². The van der Waals surface area contributed by atoms with Crippen LogP contribution in [0.4, 0.5) is 0 Å². The summed E-state index contributed by atoms with van der Waals surface area (Å²) in [5.74, 6) is 2.14. The van der Waals surface area contributed by atoms with Gasteiger partial charge in [0.25, 0.3) is 0 Å². The summed E-state index contributed by atoms with van der Waals surface area (Å²) in [6.45, 7) is 5.02. The first kappa shape index (κ1) is 25.2. The molecule has 1 aliphatic carbocycles. The van der Waals surface area contributed by atoms with Gasteiger partial charge in [-0.3, -0.25) is 9.20 Å². The number of benzene rings is 1. The van der Waals surface area contributed by atoms with Crippen molar-refractivity contribution >= 4 is 40.7 Å². The molecule has 1 aliphatic rings. The van der Waals surface area contributed by atoms with Gasteiger partial charge in [0.1, 0.15) is 5.75 Å². The Bertz CT molecular complexity index is 645. The van der Waals surface area contributed by atoms with E-state index in [0.29, 0.717) is 5.96 Å². The van der Waals surface area contributed by atoms with Crippen molar-refractivity contribution in [1.82, 2.24) is 10.6 Å². The van der Waals surface area contributed by atoms with Gasteiger partial charge in [0.05, 0.1) is 19.8 Å². The molecule has 0 amide bonds. The van der Waals surface area contributed by atoms with E-state index in [0.717, 1.165) is 49.3 Å². The lowest BCUT2D eigenvalue weighted by Gasteiger charge is -2.30. The van der Waals surface area contributed by atoms with E-state index in [1.807, 2.05) is 38.1 Å². The number of rotatable bonds is 8. The van der Waals surface area contributed by atoms with Crippen LogP contribution in [0.15, 0.2) is 29.3 Å². The van der Waals surface area contributed by atoms with Crippen molar-refractivity contribution in [3.05, 3.63) is 29.8 Å². The molecule has 28 heavy (non-hydrogen) atoms. The van der Waals surface area contributed by atoms with Crippen molar-refractivity contribution in [2.75, 3.05) is 26.0 Å². The van der Waals surface area contributed by atoms with Gasteiger partial charge in [-0.15, -0.1) is 24.0 Å². The topological polar surface area (TPSA) is 83.0 Å². The molecule has 1 saturated carbocycles. The summed E-state index contributed by atoms with van der Waals surface area (Å²) in [6, 6.07) is 7.68. The molecule has 0 radical (unpaired) electrons. The van der Waals surface area contributed by atoms with Gasteiger partial charge in [-0.25, -0.2) is 0 Å². The third kappa shape index (κ3) is 7.87. The molecule has 160 valence electrons. The highest BCUT2D eigenvalue weighted by molar-refractivity contribution is 14.0. The van der Waals surface area contributed by atoms with Crippen LogP contribution < -0.4 is 15.4 Å². The molecule has 0 saturated heterocycles. The third-order valence-electron chi connectivity index (χ3n) is 4.87. The summed E-state index contributed by atoms with van der Waals surface area (Å²) in [6.07, 6.45) is 3.40. The number of nitrogens with one attached hydrogen (secondary N) is 2. The van der Waals surface area contributed by atoms with Crippen LogP contribution in [0.3, 0.4) is 0 Å². The van der Waals surface area contributed by atoms with Crippen molar-refractivity contribution in [2.24, 2.45) is 4.99 Å². The van der Waals surface area contributed by atoms with Gasteiger partial charge in [0.2, 0.25) is 0 Å². The van der Waals surface area contributed by atoms with Crippen molar-refractivity contribution < 1.29 is 14.1 Å². The SMILES string of the molecule is CCNC(=NCC(O)c1cccc(OC)c1)NC1CCCC(S(=O)CC)C1.I. The molecule has 1 aromatic rings. The molecule has 0 spiro atoms. The molecule has 0 heterocycles. The summed E-state index contributed by atoms with van der Waals surface area (Å²) in [5, 5.41) is 17.4. The lowest BCUT2D eigenvalue weighted by molar-refractivity contribution is 0.186. The first-order valence-corrected chi connectivity index (χ1v) is 11.2. The van der Waals surface area contributed by atoms with Crippen molar-refractivity contribution in [3.8, 4) is 5.75 Å². The lowest BCUT2D eigenvalue weighted by Crippen LogP contribution is -2.46. The number of nitrogens with zero attached hydrogens (tertiary/aromatic N) is 1. The van der Waals surface area contributed by atoms with E-state index in [1.165, 1.54) is 0 Å². The monoisotopic (exact) mass is 523 g/mol. The standard InChI is InChI=1S/C20H33N3O3S.HI/c1-4-21-20(23-16-9-7-11-18(13-16)27(25)5-2)22-14-19(24)15-8-6-10-17(12-15)26-3;/h6,8,10,12,16,18-19,24H,4-5,7,9,11,13-14H2,1-3H3,(H2,21,22,23);1H. The summed E-state index contributed by atoms with van der Waals surface area (Å²) >= 11 is 0. The fourth-order valence-corrected chi connectivity index (χ4v) is 4.74. The van der Waals surface area contributed by atoms with Gasteiger partial charge >= 0.3 is 0 Å². The van der Waals surface area contributed by atoms with E-state index in [-0.39, 0.29) is 41.8 Å². The summed E-state index contributed by atoms with van der Waals surface area (Å²) in [7, 11) is 0.867. The van der Waals surface area contributed by atoms with Crippen LogP contribution in [0.5, 0.6) is 5.75 Å². The van der Waals surface area contributed by atoms with Crippen LogP contribution in [0.1, 0.15) is 51.2 Å². The molecule has 1 fully saturated rings. The predicted octanol–water partition coefficient (Wildman–Crippen LogP) is 2.98. The molecule has 3 N–H and O–H groups in total. The van der Waals surface area contributed by atoms with Crippen molar-refractivity contribution in [3.63, 3.8) is 0 Å². The maximum atomic E-state index is 12.1. The van der Waals surface area contributed by atoms with Crippen LogP contribution in [0.2, 0.25) is 0 Å². The smallest absolute Gasteiger partial charge is 0.191 e. The van der Waals surface area contributed by atoms with Crippen LogP contribution in [-0.2, 0) is 10.8 Å². The molecule has 4 atom stereocenters. The average molecular weight is 523 g/mol. The first-order valence-electron chi connectivity index (χ1n) is 9.81. The lowest BCUT2D eigenvalue weighted by atomic mass is 9.95. The number of aliphatic imine (C=N–C) groups is 1. The maximum absolute atomic E-state index is 12.1. The van der Waals surface area contributed by atoms with E-state index in [1.54, 1.807) is 7.11 Å². The second-order valence-electron chi connectivity index (χ2n) is 6.81. The molecule has 0 aliphatic heterocycles. The highest BCUT2D eigenvalue weighted by atomic mass is 127. The normalized spacial score (nSPS) is 21.9. The number of ether oxygens (including phenoxy) is 1. The minimum Gasteiger partial charge on any atom is -0.497 e. The number of methoxy groups -OCH3 is 1. The summed E-state index contributed by atoms with van der Waals surface area (Å²) < 4.78 is 17.4. The molecule has 1 aromatic carbocycles. The largest absolute Gasteiger partial charge is 0.497 e. The van der Waals surface area contributed by atoms with Gasteiger partial charge in [0, 0.05) is 34.4 Å². The summed E-state index contributed by atoms with van der Waals surface area (Å²) in [5.41, 5.74) is 0.782. The zero-order chi connectivity index (χ0) is 19.6. The Hall–Kier alpha value is -0.870. The van der Waals surface area contributed by atoms with Crippen molar-refractivity contribution in [2.45, 2.75) is 56.9 Å². The number of aliphatic hydroxyl groups excluding tert-OH is 1. The van der Waals surface area contributed by atoms with Crippen LogP contribution >= 0.6 is 24.0 Å². The molecule has 2 rings (SSSR count). The minimum absolute atomic E-state index is 0. The molecular formula is C20H34IN3O3S. The Morgan fingerprint density at radius 3 is 2.86 bits per heavy atom. The second kappa shape index (κ2) is 13.4. The Morgan fingerprint density at radius 2 is 2.18 bits per heavy atom. The fourth-order valence-electron chi connectivity index (χ4n) is 3.40. The number of halogens is 1. The van der Waals surface area contributed by atoms with E-state index in [2.05, 4.69) is 15.6 Å². The zero-order valence-electron chi connectivity index (χ0n) is 17.0. The second-order valence-corrected chi connectivity index (χ2v) is 8.82.